The molecule has 2 heterocycles. The number of benzene rings is 3. The minimum atomic E-state index is -0.989. The Bertz CT molecular complexity index is 1560. The van der Waals surface area contributed by atoms with Crippen molar-refractivity contribution in [3.63, 3.8) is 0 Å². The van der Waals surface area contributed by atoms with Crippen molar-refractivity contribution in [1.29, 1.82) is 0 Å². The van der Waals surface area contributed by atoms with E-state index in [2.05, 4.69) is 4.90 Å². The minimum Gasteiger partial charge on any atom is -0.495 e. The zero-order valence-electron chi connectivity index (χ0n) is 24.3. The van der Waals surface area contributed by atoms with Gasteiger partial charge in [-0.3, -0.25) is 14.6 Å². The molecule has 11 heteroatoms. The van der Waals surface area contributed by atoms with Crippen molar-refractivity contribution in [2.75, 3.05) is 46.5 Å². The third-order valence-corrected chi connectivity index (χ3v) is 9.09. The molecular formula is C33H33ClN2O6S2. The number of carbonyl (C=O) groups is 2. The lowest BCUT2D eigenvalue weighted by Crippen LogP contribution is -2.29. The summed E-state index contributed by atoms with van der Waals surface area (Å²) in [6.07, 6.45) is 4.84. The molecule has 2 saturated heterocycles. The van der Waals surface area contributed by atoms with Crippen molar-refractivity contribution in [2.45, 2.75) is 19.3 Å². The van der Waals surface area contributed by atoms with Crippen molar-refractivity contribution >= 4 is 57.9 Å². The first-order chi connectivity index (χ1) is 21.3. The number of halogens is 1. The van der Waals surface area contributed by atoms with Crippen LogP contribution in [0.15, 0.2) is 65.6 Å². The van der Waals surface area contributed by atoms with E-state index in [1.54, 1.807) is 24.1 Å². The van der Waals surface area contributed by atoms with Crippen LogP contribution in [-0.2, 0) is 4.79 Å². The smallest absolute Gasteiger partial charge is 0.335 e. The lowest BCUT2D eigenvalue weighted by Gasteiger charge is -2.17. The number of methoxy groups -OCH3 is 1. The average molecular weight is 653 g/mol. The van der Waals surface area contributed by atoms with E-state index < -0.39 is 5.97 Å². The van der Waals surface area contributed by atoms with Crippen molar-refractivity contribution < 1.29 is 28.9 Å². The highest BCUT2D eigenvalue weighted by molar-refractivity contribution is 8.26. The number of amides is 1. The van der Waals surface area contributed by atoms with E-state index in [9.17, 15) is 9.59 Å². The molecule has 1 N–H and O–H groups in total. The Morgan fingerprint density at radius 1 is 0.977 bits per heavy atom. The van der Waals surface area contributed by atoms with Crippen LogP contribution in [0.4, 0.5) is 0 Å². The quantitative estimate of drug-likeness (QED) is 0.121. The SMILES string of the molecule is COc1ccc(-c2ccc(OCCN3CCCC3)c(C=C3SC(=S)N(CCCOc4ccc(C(=O)O)cc4)C3=O)c2)cc1Cl. The second-order valence-corrected chi connectivity index (χ2v) is 12.4. The van der Waals surface area contributed by atoms with Crippen LogP contribution in [0.3, 0.4) is 0 Å². The number of ether oxygens (including phenoxy) is 3. The van der Waals surface area contributed by atoms with E-state index in [4.69, 9.17) is 43.1 Å². The number of carboxylic acid groups (broad SMARTS) is 1. The molecule has 0 aromatic heterocycles. The van der Waals surface area contributed by atoms with Gasteiger partial charge in [-0.15, -0.1) is 0 Å². The molecular weight excluding hydrogens is 620 g/mol. The molecule has 0 radical (unpaired) electrons. The maximum absolute atomic E-state index is 13.4. The lowest BCUT2D eigenvalue weighted by atomic mass is 10.0. The summed E-state index contributed by atoms with van der Waals surface area (Å²) in [5, 5.41) is 9.56. The number of aromatic carboxylic acids is 1. The average Bonchev–Trinajstić information content (AvgIpc) is 3.63. The Balaban J connectivity index is 1.29. The van der Waals surface area contributed by atoms with Crippen LogP contribution in [0.1, 0.15) is 35.2 Å². The van der Waals surface area contributed by atoms with Gasteiger partial charge in [0.25, 0.3) is 5.91 Å². The molecule has 5 rings (SSSR count). The van der Waals surface area contributed by atoms with Gasteiger partial charge in [0.2, 0.25) is 0 Å². The first-order valence-electron chi connectivity index (χ1n) is 14.4. The molecule has 3 aromatic carbocycles. The van der Waals surface area contributed by atoms with Gasteiger partial charge in [-0.05, 0) is 98.1 Å². The van der Waals surface area contributed by atoms with Crippen LogP contribution in [0.25, 0.3) is 17.2 Å². The molecule has 2 aliphatic rings. The molecule has 0 spiro atoms. The number of hydrogen-bond donors (Lipinski definition) is 1. The number of hydrogen-bond acceptors (Lipinski definition) is 8. The van der Waals surface area contributed by atoms with Gasteiger partial charge in [0.1, 0.15) is 28.2 Å². The van der Waals surface area contributed by atoms with Gasteiger partial charge < -0.3 is 19.3 Å². The summed E-state index contributed by atoms with van der Waals surface area (Å²) in [6, 6.07) is 17.8. The molecule has 0 saturated carbocycles. The number of nitrogens with zero attached hydrogens (tertiary/aromatic N) is 2. The fourth-order valence-electron chi connectivity index (χ4n) is 5.05. The van der Waals surface area contributed by atoms with Crippen molar-refractivity contribution in [2.24, 2.45) is 0 Å². The maximum atomic E-state index is 13.4. The summed E-state index contributed by atoms with van der Waals surface area (Å²) >= 11 is 13.2. The number of likely N-dealkylation sites (tertiary alicyclic amines) is 1. The van der Waals surface area contributed by atoms with Crippen LogP contribution in [0.2, 0.25) is 5.02 Å². The normalized spacial score (nSPS) is 16.1. The molecule has 230 valence electrons. The summed E-state index contributed by atoms with van der Waals surface area (Å²) in [5.74, 6) is 0.710. The predicted octanol–water partition coefficient (Wildman–Crippen LogP) is 6.86. The van der Waals surface area contributed by atoms with Gasteiger partial charge in [-0.1, -0.05) is 47.7 Å². The molecule has 0 aliphatic carbocycles. The second-order valence-electron chi connectivity index (χ2n) is 10.4. The third kappa shape index (κ3) is 7.92. The molecule has 44 heavy (non-hydrogen) atoms. The summed E-state index contributed by atoms with van der Waals surface area (Å²) in [7, 11) is 1.58. The summed E-state index contributed by atoms with van der Waals surface area (Å²) < 4.78 is 17.8. The Morgan fingerprint density at radius 3 is 2.36 bits per heavy atom. The van der Waals surface area contributed by atoms with Crippen LogP contribution < -0.4 is 14.2 Å². The van der Waals surface area contributed by atoms with E-state index in [-0.39, 0.29) is 11.5 Å². The zero-order valence-corrected chi connectivity index (χ0v) is 26.7. The van der Waals surface area contributed by atoms with Gasteiger partial charge in [0.05, 0.1) is 29.2 Å². The van der Waals surface area contributed by atoms with Crippen molar-refractivity contribution in [3.8, 4) is 28.4 Å². The Labute approximate surface area is 271 Å². The number of carboxylic acids is 1. The van der Waals surface area contributed by atoms with Crippen molar-refractivity contribution in [1.82, 2.24) is 9.80 Å². The zero-order chi connectivity index (χ0) is 31.1. The largest absolute Gasteiger partial charge is 0.495 e. The van der Waals surface area contributed by atoms with Gasteiger partial charge in [0.15, 0.2) is 0 Å². The standard InChI is InChI=1S/C33H33ClN2O6S2/c1-40-29-12-8-24(20-27(29)34)23-7-11-28(42-18-16-35-13-2-3-14-35)25(19-23)21-30-31(37)36(33(43)44-30)15-4-17-41-26-9-5-22(6-10-26)32(38)39/h5-12,19-21H,2-4,13-18H2,1H3,(H,38,39). The number of rotatable bonds is 13. The Kier molecular flexibility index (Phi) is 10.8. The topological polar surface area (TPSA) is 88.5 Å². The summed E-state index contributed by atoms with van der Waals surface area (Å²) in [5.41, 5.74) is 2.82. The van der Waals surface area contributed by atoms with Crippen LogP contribution in [-0.4, -0.2) is 77.6 Å². The molecule has 2 aliphatic heterocycles. The highest BCUT2D eigenvalue weighted by atomic mass is 35.5. The van der Waals surface area contributed by atoms with E-state index in [0.29, 0.717) is 57.7 Å². The Morgan fingerprint density at radius 2 is 1.68 bits per heavy atom. The molecule has 3 aromatic rings. The van der Waals surface area contributed by atoms with E-state index >= 15 is 0 Å². The molecule has 2 fully saturated rings. The predicted molar refractivity (Wildman–Crippen MR) is 178 cm³/mol. The number of thioether (sulfide) groups is 1. The van der Waals surface area contributed by atoms with Gasteiger partial charge >= 0.3 is 5.97 Å². The fourth-order valence-corrected chi connectivity index (χ4v) is 6.61. The second kappa shape index (κ2) is 14.9. The monoisotopic (exact) mass is 652 g/mol. The van der Waals surface area contributed by atoms with Crippen LogP contribution in [0.5, 0.6) is 17.2 Å². The highest BCUT2D eigenvalue weighted by Gasteiger charge is 2.32. The number of thiocarbonyl (C=S) groups is 1. The van der Waals surface area contributed by atoms with Gasteiger partial charge in [-0.25, -0.2) is 4.79 Å². The Hall–Kier alpha value is -3.57. The van der Waals surface area contributed by atoms with Gasteiger partial charge in [-0.2, -0.15) is 0 Å². The van der Waals surface area contributed by atoms with E-state index in [1.165, 1.54) is 36.7 Å². The highest BCUT2D eigenvalue weighted by Crippen LogP contribution is 2.37. The molecule has 0 bridgehead atoms. The molecule has 0 atom stereocenters. The summed E-state index contributed by atoms with van der Waals surface area (Å²) in [4.78, 5) is 29.0. The van der Waals surface area contributed by atoms with E-state index in [1.807, 2.05) is 42.5 Å². The molecule has 1 amide bonds. The fraction of sp³-hybridized carbons (Fsp3) is 0.303. The molecule has 8 nitrogen and oxygen atoms in total. The summed E-state index contributed by atoms with van der Waals surface area (Å²) in [6.45, 7) is 4.34. The van der Waals surface area contributed by atoms with E-state index in [0.717, 1.165) is 36.3 Å². The van der Waals surface area contributed by atoms with Crippen molar-refractivity contribution in [3.05, 3.63) is 81.7 Å². The van der Waals surface area contributed by atoms with Crippen LogP contribution in [0, 0.1) is 0 Å². The first kappa shape index (κ1) is 31.8. The lowest BCUT2D eigenvalue weighted by molar-refractivity contribution is -0.122. The first-order valence-corrected chi connectivity index (χ1v) is 16.0. The maximum Gasteiger partial charge on any atom is 0.335 e. The molecule has 0 unspecified atom stereocenters. The third-order valence-electron chi connectivity index (χ3n) is 7.41. The number of carbonyl (C=O) groups excluding carboxylic acids is 1. The van der Waals surface area contributed by atoms with Gasteiger partial charge in [0, 0.05) is 18.7 Å². The van der Waals surface area contributed by atoms with Crippen LogP contribution >= 0.6 is 35.6 Å². The minimum absolute atomic E-state index is 0.160.